The summed E-state index contributed by atoms with van der Waals surface area (Å²) in [4.78, 5) is 28.9. The molecule has 2 amide bonds. The van der Waals surface area contributed by atoms with E-state index >= 15 is 0 Å². The molecule has 41 heavy (non-hydrogen) atoms. The maximum absolute atomic E-state index is 14.2. The van der Waals surface area contributed by atoms with Crippen molar-refractivity contribution in [2.75, 3.05) is 17.4 Å². The van der Waals surface area contributed by atoms with Gasteiger partial charge in [-0.25, -0.2) is 8.42 Å². The number of nitrogens with zero attached hydrogens (tertiary/aromatic N) is 2. The molecule has 0 radical (unpaired) electrons. The summed E-state index contributed by atoms with van der Waals surface area (Å²) < 4.78 is 29.3. The third-order valence-electron chi connectivity index (χ3n) is 7.02. The van der Waals surface area contributed by atoms with E-state index in [0.29, 0.717) is 34.3 Å². The van der Waals surface area contributed by atoms with Crippen molar-refractivity contribution in [2.24, 2.45) is 0 Å². The van der Waals surface area contributed by atoms with Crippen LogP contribution in [0.4, 0.5) is 5.69 Å². The molecule has 0 aliphatic rings. The molecule has 1 atom stereocenters. The van der Waals surface area contributed by atoms with Crippen molar-refractivity contribution in [3.8, 4) is 0 Å². The predicted molar refractivity (Wildman–Crippen MR) is 166 cm³/mol. The fourth-order valence-electron chi connectivity index (χ4n) is 4.48. The summed E-state index contributed by atoms with van der Waals surface area (Å²) in [5, 5.41) is 3.66. The van der Waals surface area contributed by atoms with Gasteiger partial charge in [0.05, 0.1) is 10.6 Å². The fraction of sp³-hybridized carbons (Fsp3) is 0.355. The Bertz CT molecular complexity index is 1490. The van der Waals surface area contributed by atoms with Gasteiger partial charge in [0.25, 0.3) is 10.0 Å². The number of nitrogens with one attached hydrogen (secondary N) is 1. The van der Waals surface area contributed by atoms with Crippen molar-refractivity contribution >= 4 is 50.7 Å². The third-order valence-corrected chi connectivity index (χ3v) is 9.38. The van der Waals surface area contributed by atoms with Gasteiger partial charge in [-0.2, -0.15) is 0 Å². The molecule has 1 N–H and O–H groups in total. The monoisotopic (exact) mass is 617 g/mol. The smallest absolute Gasteiger partial charge is 0.264 e. The van der Waals surface area contributed by atoms with E-state index in [-0.39, 0.29) is 17.3 Å². The van der Waals surface area contributed by atoms with Crippen LogP contribution in [0.5, 0.6) is 0 Å². The van der Waals surface area contributed by atoms with Crippen LogP contribution in [0.25, 0.3) is 0 Å². The SMILES string of the molecule is CCCNC(=O)[C@@H](CC)N(Cc1ccc(Cl)cc1Cl)C(=O)CN(c1cccc(C)c1C)S(=O)(=O)c1ccc(C)cc1. The summed E-state index contributed by atoms with van der Waals surface area (Å²) in [6, 6.07) is 15.9. The summed E-state index contributed by atoms with van der Waals surface area (Å²) in [6.45, 7) is 9.27. The standard InChI is InChI=1S/C31H37Cl2N3O4S/c1-6-17-34-31(38)28(7-2)35(19-24-13-14-25(32)18-27(24)33)30(37)20-36(29-10-8-9-22(4)23(29)5)41(39,40)26-15-11-21(3)12-16-26/h8-16,18,28H,6-7,17,19-20H2,1-5H3,(H,34,38)/t28-/m1/s1. The molecule has 10 heteroatoms. The van der Waals surface area contributed by atoms with Crippen LogP contribution in [-0.2, 0) is 26.2 Å². The van der Waals surface area contributed by atoms with E-state index in [0.717, 1.165) is 27.4 Å². The molecule has 220 valence electrons. The van der Waals surface area contributed by atoms with E-state index in [4.69, 9.17) is 23.2 Å². The van der Waals surface area contributed by atoms with E-state index in [1.807, 2.05) is 40.7 Å². The Morgan fingerprint density at radius 1 is 0.951 bits per heavy atom. The summed E-state index contributed by atoms with van der Waals surface area (Å²) in [5.74, 6) is -0.849. The summed E-state index contributed by atoms with van der Waals surface area (Å²) in [7, 11) is -4.15. The minimum atomic E-state index is -4.15. The molecule has 0 aromatic heterocycles. The molecule has 0 heterocycles. The molecular weight excluding hydrogens is 581 g/mol. The number of carbonyl (C=O) groups excluding carboxylic acids is 2. The van der Waals surface area contributed by atoms with Crippen molar-refractivity contribution < 1.29 is 18.0 Å². The number of halogens is 2. The van der Waals surface area contributed by atoms with E-state index < -0.39 is 28.5 Å². The van der Waals surface area contributed by atoms with E-state index in [1.165, 1.54) is 17.0 Å². The third kappa shape index (κ3) is 7.82. The number of hydrogen-bond acceptors (Lipinski definition) is 4. The van der Waals surface area contributed by atoms with Crippen LogP contribution in [0.15, 0.2) is 65.6 Å². The Morgan fingerprint density at radius 3 is 2.24 bits per heavy atom. The lowest BCUT2D eigenvalue weighted by Gasteiger charge is -2.34. The Hall–Kier alpha value is -3.07. The highest BCUT2D eigenvalue weighted by atomic mass is 35.5. The first-order valence-corrected chi connectivity index (χ1v) is 15.8. The summed E-state index contributed by atoms with van der Waals surface area (Å²) >= 11 is 12.6. The number of carbonyl (C=O) groups is 2. The van der Waals surface area contributed by atoms with Crippen LogP contribution < -0.4 is 9.62 Å². The zero-order valence-electron chi connectivity index (χ0n) is 24.1. The molecule has 0 aliphatic carbocycles. The van der Waals surface area contributed by atoms with Gasteiger partial charge in [0.1, 0.15) is 12.6 Å². The predicted octanol–water partition coefficient (Wildman–Crippen LogP) is 6.45. The number of sulfonamides is 1. The van der Waals surface area contributed by atoms with Gasteiger partial charge in [-0.3, -0.25) is 13.9 Å². The van der Waals surface area contributed by atoms with E-state index in [9.17, 15) is 18.0 Å². The first kappa shape index (κ1) is 32.4. The Balaban J connectivity index is 2.12. The summed E-state index contributed by atoms with van der Waals surface area (Å²) in [5.41, 5.74) is 3.51. The van der Waals surface area contributed by atoms with Crippen LogP contribution in [0, 0.1) is 20.8 Å². The van der Waals surface area contributed by atoms with Crippen molar-refractivity contribution in [1.29, 1.82) is 0 Å². The quantitative estimate of drug-likeness (QED) is 0.253. The zero-order chi connectivity index (χ0) is 30.3. The molecule has 0 fully saturated rings. The Morgan fingerprint density at radius 2 is 1.63 bits per heavy atom. The average Bonchev–Trinajstić information content (AvgIpc) is 2.93. The normalized spacial score (nSPS) is 12.1. The van der Waals surface area contributed by atoms with Crippen LogP contribution in [-0.4, -0.2) is 44.3 Å². The minimum Gasteiger partial charge on any atom is -0.354 e. The van der Waals surface area contributed by atoms with Gasteiger partial charge < -0.3 is 10.2 Å². The number of benzene rings is 3. The van der Waals surface area contributed by atoms with E-state index in [2.05, 4.69) is 5.32 Å². The fourth-order valence-corrected chi connectivity index (χ4v) is 6.42. The highest BCUT2D eigenvalue weighted by molar-refractivity contribution is 7.92. The molecule has 3 aromatic rings. The molecule has 3 aromatic carbocycles. The maximum Gasteiger partial charge on any atom is 0.264 e. The maximum atomic E-state index is 14.2. The van der Waals surface area contributed by atoms with Crippen LogP contribution in [0.3, 0.4) is 0 Å². The van der Waals surface area contributed by atoms with Crippen molar-refractivity contribution in [2.45, 2.75) is 64.9 Å². The minimum absolute atomic E-state index is 0.00188. The topological polar surface area (TPSA) is 86.8 Å². The van der Waals surface area contributed by atoms with Gasteiger partial charge in [-0.15, -0.1) is 0 Å². The molecular formula is C31H37Cl2N3O4S. The number of anilines is 1. The Labute approximate surface area is 253 Å². The molecule has 7 nitrogen and oxygen atoms in total. The van der Waals surface area contributed by atoms with Gasteiger partial charge in [0.2, 0.25) is 11.8 Å². The molecule has 3 rings (SSSR count). The molecule has 0 saturated carbocycles. The van der Waals surface area contributed by atoms with Crippen molar-refractivity contribution in [3.63, 3.8) is 0 Å². The van der Waals surface area contributed by atoms with Crippen LogP contribution in [0.2, 0.25) is 10.0 Å². The number of hydrogen-bond donors (Lipinski definition) is 1. The second kappa shape index (κ2) is 14.2. The van der Waals surface area contributed by atoms with Gasteiger partial charge in [-0.05, 0) is 80.6 Å². The lowest BCUT2D eigenvalue weighted by atomic mass is 10.1. The van der Waals surface area contributed by atoms with Gasteiger partial charge in [0, 0.05) is 23.1 Å². The van der Waals surface area contributed by atoms with Gasteiger partial charge in [-0.1, -0.05) is 72.9 Å². The van der Waals surface area contributed by atoms with Gasteiger partial charge in [0.15, 0.2) is 0 Å². The number of amides is 2. The number of aryl methyl sites for hydroxylation is 2. The summed E-state index contributed by atoms with van der Waals surface area (Å²) in [6.07, 6.45) is 1.05. The Kier molecular flexibility index (Phi) is 11.2. The first-order chi connectivity index (χ1) is 19.4. The van der Waals surface area contributed by atoms with Gasteiger partial charge >= 0.3 is 0 Å². The largest absolute Gasteiger partial charge is 0.354 e. The molecule has 0 unspecified atom stereocenters. The average molecular weight is 619 g/mol. The second-order valence-electron chi connectivity index (χ2n) is 10.0. The molecule has 0 bridgehead atoms. The number of rotatable bonds is 12. The van der Waals surface area contributed by atoms with Crippen molar-refractivity contribution in [1.82, 2.24) is 10.2 Å². The molecule has 0 saturated heterocycles. The molecule has 0 spiro atoms. The highest BCUT2D eigenvalue weighted by Gasteiger charge is 2.34. The first-order valence-electron chi connectivity index (χ1n) is 13.6. The van der Waals surface area contributed by atoms with Crippen LogP contribution in [0.1, 0.15) is 48.9 Å². The highest BCUT2D eigenvalue weighted by Crippen LogP contribution is 2.30. The van der Waals surface area contributed by atoms with Crippen molar-refractivity contribution in [3.05, 3.63) is 93.0 Å². The van der Waals surface area contributed by atoms with Crippen LogP contribution >= 0.6 is 23.2 Å². The lowest BCUT2D eigenvalue weighted by Crippen LogP contribution is -2.52. The molecule has 0 aliphatic heterocycles. The van der Waals surface area contributed by atoms with E-state index in [1.54, 1.807) is 42.5 Å². The zero-order valence-corrected chi connectivity index (χ0v) is 26.4. The second-order valence-corrected chi connectivity index (χ2v) is 12.7. The lowest BCUT2D eigenvalue weighted by molar-refractivity contribution is -0.140.